The van der Waals surface area contributed by atoms with Gasteiger partial charge >= 0.3 is 0 Å². The van der Waals surface area contributed by atoms with Crippen molar-refractivity contribution in [3.63, 3.8) is 0 Å². The summed E-state index contributed by atoms with van der Waals surface area (Å²) in [6, 6.07) is 9.68. The molecule has 0 heterocycles. The van der Waals surface area contributed by atoms with E-state index in [9.17, 15) is 9.59 Å². The van der Waals surface area contributed by atoms with Crippen LogP contribution in [-0.4, -0.2) is 24.9 Å². The summed E-state index contributed by atoms with van der Waals surface area (Å²) in [5, 5.41) is 5.82. The van der Waals surface area contributed by atoms with Gasteiger partial charge in [0.2, 0.25) is 11.8 Å². The third-order valence-electron chi connectivity index (χ3n) is 4.91. The van der Waals surface area contributed by atoms with Gasteiger partial charge < -0.3 is 10.6 Å². The van der Waals surface area contributed by atoms with E-state index in [0.717, 1.165) is 5.56 Å². The van der Waals surface area contributed by atoms with Crippen molar-refractivity contribution in [3.05, 3.63) is 35.9 Å². The lowest BCUT2D eigenvalue weighted by Crippen LogP contribution is -2.36. The summed E-state index contributed by atoms with van der Waals surface area (Å²) in [6.07, 6.45) is 5.38. The fourth-order valence-electron chi connectivity index (χ4n) is 3.73. The number of carbonyl (C=O) groups is 2. The van der Waals surface area contributed by atoms with Crippen LogP contribution >= 0.6 is 0 Å². The minimum atomic E-state index is 0.000500. The zero-order chi connectivity index (χ0) is 15.4. The van der Waals surface area contributed by atoms with Gasteiger partial charge in [-0.25, -0.2) is 0 Å². The molecule has 4 nitrogen and oxygen atoms in total. The van der Waals surface area contributed by atoms with Gasteiger partial charge in [0.15, 0.2) is 0 Å². The first-order valence-corrected chi connectivity index (χ1v) is 8.34. The van der Waals surface area contributed by atoms with E-state index in [1.165, 1.54) is 25.7 Å². The van der Waals surface area contributed by atoms with Gasteiger partial charge in [-0.05, 0) is 30.2 Å². The number of nitrogens with one attached hydrogen (secondary N) is 2. The molecule has 0 aliphatic heterocycles. The summed E-state index contributed by atoms with van der Waals surface area (Å²) in [4.78, 5) is 23.9. The number of fused-ring (bicyclic) bond motifs is 1. The van der Waals surface area contributed by atoms with Crippen molar-refractivity contribution in [3.8, 4) is 0 Å². The van der Waals surface area contributed by atoms with E-state index in [4.69, 9.17) is 0 Å². The molecular formula is C18H24N2O2. The second-order valence-corrected chi connectivity index (χ2v) is 6.44. The SMILES string of the molecule is O=C(Cc1ccccc1)NCCNC(=O)C1C2CCCCC21. The van der Waals surface area contributed by atoms with Crippen molar-refractivity contribution < 1.29 is 9.59 Å². The molecule has 0 aromatic heterocycles. The number of carbonyl (C=O) groups excluding carboxylic acids is 2. The summed E-state index contributed by atoms with van der Waals surface area (Å²) in [6.45, 7) is 1.02. The first-order valence-electron chi connectivity index (χ1n) is 8.34. The van der Waals surface area contributed by atoms with Crippen molar-refractivity contribution >= 4 is 11.8 Å². The number of hydrogen-bond donors (Lipinski definition) is 2. The molecule has 1 aromatic carbocycles. The maximum Gasteiger partial charge on any atom is 0.224 e. The van der Waals surface area contributed by atoms with E-state index in [1.807, 2.05) is 30.3 Å². The molecule has 0 saturated heterocycles. The lowest BCUT2D eigenvalue weighted by Gasteiger charge is -2.07. The van der Waals surface area contributed by atoms with Gasteiger partial charge in [0, 0.05) is 19.0 Å². The van der Waals surface area contributed by atoms with Crippen LogP contribution in [0.4, 0.5) is 0 Å². The Balaban J connectivity index is 1.30. The van der Waals surface area contributed by atoms with E-state index in [0.29, 0.717) is 31.3 Å². The van der Waals surface area contributed by atoms with Crippen LogP contribution in [0.2, 0.25) is 0 Å². The van der Waals surface area contributed by atoms with E-state index < -0.39 is 0 Å². The predicted octanol–water partition coefficient (Wildman–Crippen LogP) is 1.90. The van der Waals surface area contributed by atoms with Gasteiger partial charge in [0.25, 0.3) is 0 Å². The van der Waals surface area contributed by atoms with E-state index in [2.05, 4.69) is 10.6 Å². The fraction of sp³-hybridized carbons (Fsp3) is 0.556. The van der Waals surface area contributed by atoms with Crippen LogP contribution in [0.3, 0.4) is 0 Å². The van der Waals surface area contributed by atoms with Crippen LogP contribution in [-0.2, 0) is 16.0 Å². The topological polar surface area (TPSA) is 58.2 Å². The van der Waals surface area contributed by atoms with Crippen LogP contribution in [0.15, 0.2) is 30.3 Å². The molecule has 0 bridgehead atoms. The van der Waals surface area contributed by atoms with E-state index in [-0.39, 0.29) is 17.7 Å². The first kappa shape index (κ1) is 15.1. The summed E-state index contributed by atoms with van der Waals surface area (Å²) in [5.41, 5.74) is 1.01. The second-order valence-electron chi connectivity index (χ2n) is 6.44. The second kappa shape index (κ2) is 6.95. The van der Waals surface area contributed by atoms with Gasteiger partial charge in [0.1, 0.15) is 0 Å². The van der Waals surface area contributed by atoms with Crippen LogP contribution in [0.5, 0.6) is 0 Å². The van der Waals surface area contributed by atoms with E-state index >= 15 is 0 Å². The number of benzene rings is 1. The Labute approximate surface area is 131 Å². The average molecular weight is 300 g/mol. The Morgan fingerprint density at radius 2 is 1.59 bits per heavy atom. The maximum atomic E-state index is 12.1. The quantitative estimate of drug-likeness (QED) is 0.788. The van der Waals surface area contributed by atoms with Gasteiger partial charge in [-0.1, -0.05) is 43.2 Å². The molecule has 22 heavy (non-hydrogen) atoms. The Hall–Kier alpha value is -1.84. The van der Waals surface area contributed by atoms with Crippen LogP contribution in [0, 0.1) is 17.8 Å². The average Bonchev–Trinajstić information content (AvgIpc) is 3.27. The minimum Gasteiger partial charge on any atom is -0.354 e. The minimum absolute atomic E-state index is 0.000500. The Kier molecular flexibility index (Phi) is 4.76. The smallest absolute Gasteiger partial charge is 0.224 e. The highest BCUT2D eigenvalue weighted by Crippen LogP contribution is 2.55. The molecule has 4 heteroatoms. The summed E-state index contributed by atoms with van der Waals surface area (Å²) >= 11 is 0. The number of rotatable bonds is 6. The van der Waals surface area contributed by atoms with Gasteiger partial charge in [-0.3, -0.25) is 9.59 Å². The van der Waals surface area contributed by atoms with Crippen molar-refractivity contribution in [1.82, 2.24) is 10.6 Å². The van der Waals surface area contributed by atoms with Crippen LogP contribution < -0.4 is 10.6 Å². The standard InChI is InChI=1S/C18H24N2O2/c21-16(12-13-6-2-1-3-7-13)19-10-11-20-18(22)17-14-8-4-5-9-15(14)17/h1-3,6-7,14-15,17H,4-5,8-12H2,(H,19,21)(H,20,22). The Morgan fingerprint density at radius 1 is 0.955 bits per heavy atom. The molecule has 118 valence electrons. The molecule has 2 fully saturated rings. The molecule has 1 aromatic rings. The molecule has 2 aliphatic rings. The number of amides is 2. The monoisotopic (exact) mass is 300 g/mol. The lowest BCUT2D eigenvalue weighted by molar-refractivity contribution is -0.123. The van der Waals surface area contributed by atoms with Crippen molar-refractivity contribution in [1.29, 1.82) is 0 Å². The largest absolute Gasteiger partial charge is 0.354 e. The fourth-order valence-corrected chi connectivity index (χ4v) is 3.73. The van der Waals surface area contributed by atoms with Gasteiger partial charge in [-0.2, -0.15) is 0 Å². The molecule has 2 unspecified atom stereocenters. The van der Waals surface area contributed by atoms with Crippen LogP contribution in [0.1, 0.15) is 31.2 Å². The molecule has 2 amide bonds. The molecule has 3 rings (SSSR count). The van der Waals surface area contributed by atoms with Crippen LogP contribution in [0.25, 0.3) is 0 Å². The highest BCUT2D eigenvalue weighted by atomic mass is 16.2. The number of hydrogen-bond acceptors (Lipinski definition) is 2. The maximum absolute atomic E-state index is 12.1. The molecule has 2 saturated carbocycles. The zero-order valence-corrected chi connectivity index (χ0v) is 12.9. The Morgan fingerprint density at radius 3 is 2.27 bits per heavy atom. The zero-order valence-electron chi connectivity index (χ0n) is 12.9. The molecule has 2 N–H and O–H groups in total. The van der Waals surface area contributed by atoms with Crippen molar-refractivity contribution in [2.24, 2.45) is 17.8 Å². The van der Waals surface area contributed by atoms with Gasteiger partial charge in [-0.15, -0.1) is 0 Å². The lowest BCUT2D eigenvalue weighted by atomic mass is 10.0. The molecule has 2 aliphatic carbocycles. The highest BCUT2D eigenvalue weighted by Gasteiger charge is 2.54. The molecule has 0 spiro atoms. The van der Waals surface area contributed by atoms with Crippen molar-refractivity contribution in [2.75, 3.05) is 13.1 Å². The summed E-state index contributed by atoms with van der Waals surface area (Å²) in [5.74, 6) is 1.72. The summed E-state index contributed by atoms with van der Waals surface area (Å²) < 4.78 is 0. The third kappa shape index (κ3) is 3.67. The molecule has 0 radical (unpaired) electrons. The highest BCUT2D eigenvalue weighted by molar-refractivity contribution is 5.82. The molecule has 2 atom stereocenters. The normalized spacial score (nSPS) is 25.9. The summed E-state index contributed by atoms with van der Waals surface area (Å²) in [7, 11) is 0. The first-order chi connectivity index (χ1) is 10.8. The van der Waals surface area contributed by atoms with E-state index in [1.54, 1.807) is 0 Å². The Bertz CT molecular complexity index is 517. The van der Waals surface area contributed by atoms with Gasteiger partial charge in [0.05, 0.1) is 6.42 Å². The molecular weight excluding hydrogens is 276 g/mol. The third-order valence-corrected chi connectivity index (χ3v) is 4.91. The van der Waals surface area contributed by atoms with Crippen molar-refractivity contribution in [2.45, 2.75) is 32.1 Å². The predicted molar refractivity (Wildman–Crippen MR) is 85.1 cm³/mol.